The Balaban J connectivity index is 2.92. The molecule has 0 aromatic carbocycles. The molecule has 11 heavy (non-hydrogen) atoms. The highest BCUT2D eigenvalue weighted by atomic mass is 16.6. The van der Waals surface area contributed by atoms with Crippen molar-refractivity contribution in [3.8, 4) is 0 Å². The van der Waals surface area contributed by atoms with E-state index in [0.717, 1.165) is 6.42 Å². The first-order valence-corrected chi connectivity index (χ1v) is 3.50. The van der Waals surface area contributed by atoms with Crippen molar-refractivity contribution >= 4 is 5.88 Å². The van der Waals surface area contributed by atoms with Gasteiger partial charge in [-0.2, -0.15) is 0 Å². The van der Waals surface area contributed by atoms with E-state index in [9.17, 15) is 4.79 Å². The third-order valence-corrected chi connectivity index (χ3v) is 1.31. The number of aryl methyl sites for hydroxylation is 1. The number of hydrogen-bond donors (Lipinski definition) is 0. The molecule has 0 unspecified atom stereocenters. The summed E-state index contributed by atoms with van der Waals surface area (Å²) < 4.78 is 9.36. The summed E-state index contributed by atoms with van der Waals surface area (Å²) in [6, 6.07) is 0. The molecule has 4 heteroatoms. The largest absolute Gasteiger partial charge is 0.520 e. The van der Waals surface area contributed by atoms with Crippen molar-refractivity contribution < 1.29 is 8.83 Å². The predicted molar refractivity (Wildman–Crippen MR) is 39.0 cm³/mol. The topological polar surface area (TPSA) is 57.5 Å². The van der Waals surface area contributed by atoms with Crippen LogP contribution in [0.4, 0.5) is 5.88 Å². The monoisotopic (exact) mass is 156 g/mol. The van der Waals surface area contributed by atoms with Crippen LogP contribution in [0.1, 0.15) is 19.1 Å². The number of nitrogens with zero attached hydrogens (tertiary/aromatic N) is 1. The lowest BCUT2D eigenvalue weighted by atomic mass is 10.3. The van der Waals surface area contributed by atoms with Crippen LogP contribution in [0.3, 0.4) is 0 Å². The van der Waals surface area contributed by atoms with Gasteiger partial charge >= 0.3 is 5.82 Å². The minimum absolute atomic E-state index is 0.317. The van der Waals surface area contributed by atoms with Gasteiger partial charge in [-0.1, -0.05) is 6.92 Å². The Morgan fingerprint density at radius 3 is 2.73 bits per heavy atom. The van der Waals surface area contributed by atoms with Gasteiger partial charge in [-0.05, 0) is 6.42 Å². The molecule has 0 saturated carbocycles. The maximum absolute atomic E-state index is 10.6. The van der Waals surface area contributed by atoms with Crippen molar-refractivity contribution in [1.29, 1.82) is 0 Å². The van der Waals surface area contributed by atoms with E-state index >= 15 is 0 Å². The van der Waals surface area contributed by atoms with E-state index in [1.807, 2.05) is 6.92 Å². The predicted octanol–water partition coefficient (Wildman–Crippen LogP) is 1.05. The molecule has 1 aromatic rings. The molecule has 1 rings (SSSR count). The molecule has 0 amide bonds. The zero-order valence-corrected chi connectivity index (χ0v) is 6.59. The number of hydrogen-bond acceptors (Lipinski definition) is 3. The SMILES string of the molecule is CCCc1oc(=O)oc1[N]C. The third kappa shape index (κ3) is 1.63. The van der Waals surface area contributed by atoms with Crippen LogP contribution in [-0.2, 0) is 6.42 Å². The summed E-state index contributed by atoms with van der Waals surface area (Å²) in [6.07, 6.45) is 1.60. The molecule has 0 N–H and O–H groups in total. The summed E-state index contributed by atoms with van der Waals surface area (Å²) in [5.74, 6) is 0.186. The highest BCUT2D eigenvalue weighted by Crippen LogP contribution is 2.13. The van der Waals surface area contributed by atoms with E-state index in [-0.39, 0.29) is 0 Å². The quantitative estimate of drug-likeness (QED) is 0.657. The van der Waals surface area contributed by atoms with Crippen molar-refractivity contribution in [2.45, 2.75) is 19.8 Å². The van der Waals surface area contributed by atoms with Crippen LogP contribution in [0.5, 0.6) is 0 Å². The van der Waals surface area contributed by atoms with Crippen molar-refractivity contribution in [2.75, 3.05) is 7.05 Å². The van der Waals surface area contributed by atoms with Gasteiger partial charge in [0.1, 0.15) is 0 Å². The van der Waals surface area contributed by atoms with Gasteiger partial charge in [-0.25, -0.2) is 4.79 Å². The average Bonchev–Trinajstić information content (AvgIpc) is 2.32. The van der Waals surface area contributed by atoms with Crippen LogP contribution >= 0.6 is 0 Å². The van der Waals surface area contributed by atoms with Gasteiger partial charge in [0.25, 0.3) is 5.88 Å². The first-order chi connectivity index (χ1) is 5.27. The molecule has 0 spiro atoms. The second-order valence-corrected chi connectivity index (χ2v) is 2.16. The fourth-order valence-electron chi connectivity index (χ4n) is 0.856. The molecule has 1 radical (unpaired) electrons. The zero-order valence-electron chi connectivity index (χ0n) is 6.59. The van der Waals surface area contributed by atoms with E-state index < -0.39 is 5.82 Å². The molecule has 1 aromatic heterocycles. The molecule has 0 saturated heterocycles. The molecule has 0 aliphatic carbocycles. The molecule has 61 valence electrons. The van der Waals surface area contributed by atoms with Gasteiger partial charge in [0, 0.05) is 13.5 Å². The Hall–Kier alpha value is -1.19. The van der Waals surface area contributed by atoms with E-state index in [1.54, 1.807) is 7.05 Å². The van der Waals surface area contributed by atoms with Crippen LogP contribution < -0.4 is 11.1 Å². The average molecular weight is 156 g/mol. The summed E-state index contributed by atoms with van der Waals surface area (Å²) in [5, 5.41) is 3.75. The van der Waals surface area contributed by atoms with Crippen LogP contribution in [0, 0.1) is 0 Å². The molecule has 1 heterocycles. The van der Waals surface area contributed by atoms with Gasteiger partial charge in [0.15, 0.2) is 5.76 Å². The minimum Gasteiger partial charge on any atom is -0.393 e. The van der Waals surface area contributed by atoms with E-state index in [2.05, 4.69) is 9.73 Å². The highest BCUT2D eigenvalue weighted by molar-refractivity contribution is 5.24. The smallest absolute Gasteiger partial charge is 0.393 e. The summed E-state index contributed by atoms with van der Waals surface area (Å²) >= 11 is 0. The van der Waals surface area contributed by atoms with Crippen molar-refractivity contribution in [1.82, 2.24) is 5.32 Å². The van der Waals surface area contributed by atoms with Gasteiger partial charge in [0.2, 0.25) is 0 Å². The van der Waals surface area contributed by atoms with Gasteiger partial charge in [-0.3, -0.25) is 5.32 Å². The normalized spacial score (nSPS) is 10.0. The maximum Gasteiger partial charge on any atom is 0.520 e. The van der Waals surface area contributed by atoms with Crippen molar-refractivity contribution in [3.05, 3.63) is 16.4 Å². The molecular weight excluding hydrogens is 146 g/mol. The van der Waals surface area contributed by atoms with E-state index in [0.29, 0.717) is 18.1 Å². The zero-order chi connectivity index (χ0) is 8.27. The Morgan fingerprint density at radius 1 is 1.45 bits per heavy atom. The maximum atomic E-state index is 10.6. The van der Waals surface area contributed by atoms with Crippen LogP contribution in [0.15, 0.2) is 13.6 Å². The van der Waals surface area contributed by atoms with Crippen molar-refractivity contribution in [2.24, 2.45) is 0 Å². The molecule has 4 nitrogen and oxygen atoms in total. The first-order valence-electron chi connectivity index (χ1n) is 3.50. The van der Waals surface area contributed by atoms with Crippen molar-refractivity contribution in [3.63, 3.8) is 0 Å². The summed E-state index contributed by atoms with van der Waals surface area (Å²) in [6.45, 7) is 1.99. The Bertz CT molecular complexity index is 273. The molecule has 0 atom stereocenters. The van der Waals surface area contributed by atoms with Crippen LogP contribution in [0.2, 0.25) is 0 Å². The lowest BCUT2D eigenvalue weighted by molar-refractivity contribution is 0.373. The highest BCUT2D eigenvalue weighted by Gasteiger charge is 2.10. The van der Waals surface area contributed by atoms with Crippen LogP contribution in [-0.4, -0.2) is 7.05 Å². The lowest BCUT2D eigenvalue weighted by Gasteiger charge is -1.91. The number of rotatable bonds is 3. The minimum atomic E-state index is -0.672. The standard InChI is InChI=1S/C7H10NO3/c1-3-4-5-6(8-2)11-7(9)10-5/h3-4H2,1-2H3. The molecule has 0 aliphatic heterocycles. The first kappa shape index (κ1) is 7.91. The Kier molecular flexibility index (Phi) is 2.36. The summed E-state index contributed by atoms with van der Waals surface area (Å²) in [4.78, 5) is 10.6. The Morgan fingerprint density at radius 2 is 2.18 bits per heavy atom. The second kappa shape index (κ2) is 3.27. The summed E-state index contributed by atoms with van der Waals surface area (Å²) in [7, 11) is 1.56. The molecule has 0 aliphatic rings. The summed E-state index contributed by atoms with van der Waals surface area (Å²) in [5.41, 5.74) is 0. The second-order valence-electron chi connectivity index (χ2n) is 2.16. The fraction of sp³-hybridized carbons (Fsp3) is 0.571. The van der Waals surface area contributed by atoms with Gasteiger partial charge in [0.05, 0.1) is 0 Å². The molecule has 0 bridgehead atoms. The molecule has 0 fully saturated rings. The Labute approximate surface area is 64.2 Å². The fourth-order valence-corrected chi connectivity index (χ4v) is 0.856. The van der Waals surface area contributed by atoms with E-state index in [1.165, 1.54) is 0 Å². The molecular formula is C7H10NO3. The van der Waals surface area contributed by atoms with Crippen LogP contribution in [0.25, 0.3) is 0 Å². The van der Waals surface area contributed by atoms with E-state index in [4.69, 9.17) is 4.42 Å². The van der Waals surface area contributed by atoms with Gasteiger partial charge in [-0.15, -0.1) is 0 Å². The van der Waals surface area contributed by atoms with Gasteiger partial charge < -0.3 is 8.83 Å². The third-order valence-electron chi connectivity index (χ3n) is 1.31. The lowest BCUT2D eigenvalue weighted by Crippen LogP contribution is -1.88.